The summed E-state index contributed by atoms with van der Waals surface area (Å²) in [6, 6.07) is 1.31. The number of piperazine rings is 1. The predicted octanol–water partition coefficient (Wildman–Crippen LogP) is 1.18. The number of hydrogen-bond donors (Lipinski definition) is 1. The van der Waals surface area contributed by atoms with Gasteiger partial charge < -0.3 is 14.5 Å². The van der Waals surface area contributed by atoms with Gasteiger partial charge in [0.15, 0.2) is 5.82 Å². The maximum absolute atomic E-state index is 12.6. The van der Waals surface area contributed by atoms with Crippen LogP contribution in [0.2, 0.25) is 0 Å². The molecule has 126 valence electrons. The van der Waals surface area contributed by atoms with Gasteiger partial charge in [0.1, 0.15) is 11.8 Å². The van der Waals surface area contributed by atoms with Gasteiger partial charge in [-0.05, 0) is 26.0 Å². The molecule has 1 aliphatic heterocycles. The fourth-order valence-corrected chi connectivity index (χ4v) is 2.94. The van der Waals surface area contributed by atoms with Crippen molar-refractivity contribution in [3.05, 3.63) is 35.7 Å². The molecule has 2 aliphatic rings. The van der Waals surface area contributed by atoms with Crippen LogP contribution in [0.1, 0.15) is 46.9 Å². The van der Waals surface area contributed by atoms with E-state index in [1.54, 1.807) is 4.90 Å². The molecule has 2 aromatic rings. The van der Waals surface area contributed by atoms with Crippen molar-refractivity contribution in [3.8, 4) is 5.75 Å². The van der Waals surface area contributed by atoms with Crippen LogP contribution < -0.4 is 0 Å². The maximum Gasteiger partial charge on any atom is 0.255 e. The van der Waals surface area contributed by atoms with E-state index in [0.717, 1.165) is 18.7 Å². The zero-order valence-electron chi connectivity index (χ0n) is 13.4. The number of aromatic nitrogens is 3. The monoisotopic (exact) mass is 329 g/mol. The summed E-state index contributed by atoms with van der Waals surface area (Å²) in [5, 5.41) is 13.6. The zero-order valence-corrected chi connectivity index (χ0v) is 13.4. The molecule has 0 bridgehead atoms. The lowest BCUT2D eigenvalue weighted by molar-refractivity contribution is 0.0488. The Kier molecular flexibility index (Phi) is 3.68. The molecule has 8 nitrogen and oxygen atoms in total. The number of pyridine rings is 1. The first-order chi connectivity index (χ1) is 11.6. The first-order valence-corrected chi connectivity index (χ1v) is 8.09. The van der Waals surface area contributed by atoms with Crippen molar-refractivity contribution in [1.82, 2.24) is 24.9 Å². The quantitative estimate of drug-likeness (QED) is 0.903. The Hall–Kier alpha value is -2.48. The highest BCUT2D eigenvalue weighted by atomic mass is 16.5. The lowest BCUT2D eigenvalue weighted by Gasteiger charge is -2.37. The third-order valence-corrected chi connectivity index (χ3v) is 4.59. The molecule has 1 saturated carbocycles. The standard InChI is InChI=1S/C16H19N5O3/c1-20-4-5-21(16(23)11-6-12(22)8-17-7-11)9-13(20)15-18-14(19-24-15)10-2-3-10/h6-8,10,13,22H,2-5,9H2,1H3. The summed E-state index contributed by atoms with van der Waals surface area (Å²) in [6.45, 7) is 1.78. The molecule has 1 amide bonds. The number of aromatic hydroxyl groups is 1. The minimum absolute atomic E-state index is 0.0162. The van der Waals surface area contributed by atoms with Gasteiger partial charge in [-0.25, -0.2) is 0 Å². The second-order valence-electron chi connectivity index (χ2n) is 6.44. The van der Waals surface area contributed by atoms with Gasteiger partial charge in [0.05, 0.1) is 11.8 Å². The van der Waals surface area contributed by atoms with Crippen LogP contribution >= 0.6 is 0 Å². The Morgan fingerprint density at radius 2 is 2.17 bits per heavy atom. The van der Waals surface area contributed by atoms with Gasteiger partial charge in [-0.15, -0.1) is 0 Å². The lowest BCUT2D eigenvalue weighted by atomic mass is 10.1. The third kappa shape index (κ3) is 2.84. The van der Waals surface area contributed by atoms with Crippen LogP contribution in [-0.4, -0.2) is 62.6 Å². The topological polar surface area (TPSA) is 95.6 Å². The zero-order chi connectivity index (χ0) is 16.7. The summed E-state index contributed by atoms with van der Waals surface area (Å²) in [7, 11) is 1.99. The van der Waals surface area contributed by atoms with Gasteiger partial charge in [-0.2, -0.15) is 4.98 Å². The van der Waals surface area contributed by atoms with Crippen molar-refractivity contribution in [1.29, 1.82) is 0 Å². The van der Waals surface area contributed by atoms with Gasteiger partial charge in [-0.3, -0.25) is 14.7 Å². The number of rotatable bonds is 3. The molecule has 0 spiro atoms. The molecule has 0 aromatic carbocycles. The summed E-state index contributed by atoms with van der Waals surface area (Å²) in [6.07, 6.45) is 5.01. The fraction of sp³-hybridized carbons (Fsp3) is 0.500. The number of amides is 1. The first-order valence-electron chi connectivity index (χ1n) is 8.09. The van der Waals surface area contributed by atoms with E-state index >= 15 is 0 Å². The molecule has 24 heavy (non-hydrogen) atoms. The molecule has 8 heteroatoms. The molecular formula is C16H19N5O3. The van der Waals surface area contributed by atoms with Crippen LogP contribution in [0.3, 0.4) is 0 Å². The number of carbonyl (C=O) groups excluding carboxylic acids is 1. The predicted molar refractivity (Wildman–Crippen MR) is 83.4 cm³/mol. The minimum atomic E-state index is -0.154. The molecule has 1 N–H and O–H groups in total. The number of nitrogens with zero attached hydrogens (tertiary/aromatic N) is 5. The summed E-state index contributed by atoms with van der Waals surface area (Å²) >= 11 is 0. The molecular weight excluding hydrogens is 310 g/mol. The average Bonchev–Trinajstić information content (AvgIpc) is 3.32. The summed E-state index contributed by atoms with van der Waals surface area (Å²) < 4.78 is 5.44. The molecule has 1 unspecified atom stereocenters. The minimum Gasteiger partial charge on any atom is -0.506 e. The molecule has 1 aliphatic carbocycles. The van der Waals surface area contributed by atoms with Crippen LogP contribution in [0, 0.1) is 0 Å². The van der Waals surface area contributed by atoms with Crippen LogP contribution in [0.4, 0.5) is 0 Å². The SMILES string of the molecule is CN1CCN(C(=O)c2cncc(O)c2)CC1c1nc(C2CC2)no1. The number of hydrogen-bond acceptors (Lipinski definition) is 7. The lowest BCUT2D eigenvalue weighted by Crippen LogP contribution is -2.49. The Morgan fingerprint density at radius 1 is 1.33 bits per heavy atom. The van der Waals surface area contributed by atoms with Gasteiger partial charge in [0.25, 0.3) is 5.91 Å². The highest BCUT2D eigenvalue weighted by molar-refractivity contribution is 5.94. The summed E-state index contributed by atoms with van der Waals surface area (Å²) in [5.41, 5.74) is 0.377. The number of likely N-dealkylation sites (N-methyl/N-ethyl adjacent to an activating group) is 1. The normalized spacial score (nSPS) is 21.9. The summed E-state index contributed by atoms with van der Waals surface area (Å²) in [5.74, 6) is 1.61. The number of carbonyl (C=O) groups is 1. The Morgan fingerprint density at radius 3 is 2.92 bits per heavy atom. The van der Waals surface area contributed by atoms with E-state index in [4.69, 9.17) is 4.52 Å². The Labute approximate surface area is 139 Å². The van der Waals surface area contributed by atoms with Crippen molar-refractivity contribution in [3.63, 3.8) is 0 Å². The van der Waals surface area contributed by atoms with Gasteiger partial charge in [0, 0.05) is 31.7 Å². The van der Waals surface area contributed by atoms with Crippen LogP contribution in [0.25, 0.3) is 0 Å². The fourth-order valence-electron chi connectivity index (χ4n) is 2.94. The molecule has 3 heterocycles. The van der Waals surface area contributed by atoms with E-state index in [0.29, 0.717) is 37.0 Å². The second kappa shape index (κ2) is 5.86. The third-order valence-electron chi connectivity index (χ3n) is 4.59. The molecule has 2 fully saturated rings. The van der Waals surface area contributed by atoms with Crippen molar-refractivity contribution < 1.29 is 14.4 Å². The van der Waals surface area contributed by atoms with Crippen molar-refractivity contribution >= 4 is 5.91 Å². The first kappa shape index (κ1) is 15.1. The van der Waals surface area contributed by atoms with E-state index < -0.39 is 0 Å². The Balaban J connectivity index is 1.52. The van der Waals surface area contributed by atoms with Crippen molar-refractivity contribution in [2.45, 2.75) is 24.8 Å². The summed E-state index contributed by atoms with van der Waals surface area (Å²) in [4.78, 5) is 24.9. The molecule has 4 rings (SSSR count). The van der Waals surface area contributed by atoms with E-state index in [1.165, 1.54) is 18.5 Å². The average molecular weight is 329 g/mol. The molecule has 0 radical (unpaired) electrons. The van der Waals surface area contributed by atoms with Crippen LogP contribution in [0.15, 0.2) is 23.0 Å². The largest absolute Gasteiger partial charge is 0.506 e. The smallest absolute Gasteiger partial charge is 0.255 e. The van der Waals surface area contributed by atoms with E-state index in [-0.39, 0.29) is 17.7 Å². The molecule has 1 atom stereocenters. The van der Waals surface area contributed by atoms with Crippen LogP contribution in [-0.2, 0) is 0 Å². The highest BCUT2D eigenvalue weighted by Crippen LogP contribution is 2.38. The van der Waals surface area contributed by atoms with Crippen LogP contribution in [0.5, 0.6) is 5.75 Å². The highest BCUT2D eigenvalue weighted by Gasteiger charge is 2.35. The van der Waals surface area contributed by atoms with E-state index in [1.807, 2.05) is 7.05 Å². The van der Waals surface area contributed by atoms with Gasteiger partial charge in [-0.1, -0.05) is 5.16 Å². The van der Waals surface area contributed by atoms with Gasteiger partial charge in [0.2, 0.25) is 5.89 Å². The van der Waals surface area contributed by atoms with Crippen molar-refractivity contribution in [2.75, 3.05) is 26.7 Å². The van der Waals surface area contributed by atoms with E-state index in [2.05, 4.69) is 20.0 Å². The maximum atomic E-state index is 12.6. The Bertz CT molecular complexity index is 758. The van der Waals surface area contributed by atoms with E-state index in [9.17, 15) is 9.90 Å². The van der Waals surface area contributed by atoms with Gasteiger partial charge >= 0.3 is 0 Å². The second-order valence-corrected chi connectivity index (χ2v) is 6.44. The van der Waals surface area contributed by atoms with Crippen molar-refractivity contribution in [2.24, 2.45) is 0 Å². The molecule has 1 saturated heterocycles. The molecule has 2 aromatic heterocycles.